The van der Waals surface area contributed by atoms with Crippen molar-refractivity contribution in [2.45, 2.75) is 18.9 Å². The second-order valence-corrected chi connectivity index (χ2v) is 7.11. The zero-order valence-electron chi connectivity index (χ0n) is 16.3. The van der Waals surface area contributed by atoms with Crippen LogP contribution in [0.4, 0.5) is 4.79 Å². The zero-order valence-corrected chi connectivity index (χ0v) is 16.3. The van der Waals surface area contributed by atoms with E-state index >= 15 is 0 Å². The van der Waals surface area contributed by atoms with Gasteiger partial charge in [0.25, 0.3) is 5.91 Å². The normalized spacial score (nSPS) is 20.0. The van der Waals surface area contributed by atoms with Gasteiger partial charge in [0.15, 0.2) is 11.5 Å². The topological polar surface area (TPSA) is 86.3 Å². The summed E-state index contributed by atoms with van der Waals surface area (Å²) in [6.07, 6.45) is 0.351. The molecule has 29 heavy (non-hydrogen) atoms. The summed E-state index contributed by atoms with van der Waals surface area (Å²) in [6, 6.07) is 12.2. The molecule has 2 heterocycles. The van der Waals surface area contributed by atoms with Gasteiger partial charge in [-0.3, -0.25) is 9.69 Å². The van der Waals surface area contributed by atoms with E-state index in [-0.39, 0.29) is 25.9 Å². The van der Waals surface area contributed by atoms with Crippen molar-refractivity contribution in [1.29, 1.82) is 0 Å². The Kier molecular flexibility index (Phi) is 4.92. The lowest BCUT2D eigenvalue weighted by Crippen LogP contribution is -2.46. The maximum absolute atomic E-state index is 12.9. The first-order chi connectivity index (χ1) is 14.0. The van der Waals surface area contributed by atoms with Crippen LogP contribution >= 0.6 is 0 Å². The standard InChI is InChI=1S/C21H22N2O6/c1-21(12-14-3-8-17-18(11-14)29-13-28-17)19(24)23(20(25)22-21)9-10-27-16-6-4-15(26-2)5-7-16/h3-8,11H,9-10,12-13H2,1-2H3,(H,22,25)/t21-/m0/s1. The summed E-state index contributed by atoms with van der Waals surface area (Å²) in [5, 5.41) is 2.80. The lowest BCUT2D eigenvalue weighted by Gasteiger charge is -2.22. The molecule has 2 aliphatic heterocycles. The number of nitrogens with one attached hydrogen (secondary N) is 1. The quantitative estimate of drug-likeness (QED) is 0.721. The van der Waals surface area contributed by atoms with Crippen LogP contribution < -0.4 is 24.3 Å². The minimum Gasteiger partial charge on any atom is -0.497 e. The number of fused-ring (bicyclic) bond motifs is 1. The fraction of sp³-hybridized carbons (Fsp3) is 0.333. The van der Waals surface area contributed by atoms with Gasteiger partial charge in [0.2, 0.25) is 6.79 Å². The molecule has 3 amide bonds. The Bertz CT molecular complexity index is 929. The fourth-order valence-corrected chi connectivity index (χ4v) is 3.46. The molecule has 1 fully saturated rings. The molecule has 2 aromatic carbocycles. The SMILES string of the molecule is COc1ccc(OCCN2C(=O)N[C@@](C)(Cc3ccc4c(c3)OCO4)C2=O)cc1. The molecule has 0 bridgehead atoms. The number of nitrogens with zero attached hydrogens (tertiary/aromatic N) is 1. The highest BCUT2D eigenvalue weighted by atomic mass is 16.7. The van der Waals surface area contributed by atoms with Crippen LogP contribution in [-0.4, -0.2) is 49.4 Å². The van der Waals surface area contributed by atoms with Gasteiger partial charge < -0.3 is 24.3 Å². The Morgan fingerprint density at radius 3 is 2.55 bits per heavy atom. The van der Waals surface area contributed by atoms with Crippen LogP contribution in [0.5, 0.6) is 23.0 Å². The van der Waals surface area contributed by atoms with Gasteiger partial charge in [-0.25, -0.2) is 4.79 Å². The minimum atomic E-state index is -1.02. The number of methoxy groups -OCH3 is 1. The molecule has 0 unspecified atom stereocenters. The summed E-state index contributed by atoms with van der Waals surface area (Å²) in [4.78, 5) is 26.5. The second kappa shape index (κ2) is 7.54. The molecule has 0 spiro atoms. The number of benzene rings is 2. The number of carbonyl (C=O) groups is 2. The van der Waals surface area contributed by atoms with Crippen LogP contribution in [0.2, 0.25) is 0 Å². The number of ether oxygens (including phenoxy) is 4. The van der Waals surface area contributed by atoms with Crippen LogP contribution in [0.3, 0.4) is 0 Å². The first-order valence-corrected chi connectivity index (χ1v) is 9.28. The molecule has 4 rings (SSSR count). The van der Waals surface area contributed by atoms with Crippen molar-refractivity contribution in [2.24, 2.45) is 0 Å². The molecule has 152 valence electrons. The van der Waals surface area contributed by atoms with Gasteiger partial charge >= 0.3 is 6.03 Å². The molecule has 8 nitrogen and oxygen atoms in total. The number of hydrogen-bond donors (Lipinski definition) is 1. The summed E-state index contributed by atoms with van der Waals surface area (Å²) in [5.41, 5.74) is -0.146. The second-order valence-electron chi connectivity index (χ2n) is 7.11. The van der Waals surface area contributed by atoms with Gasteiger partial charge in [-0.05, 0) is 48.9 Å². The van der Waals surface area contributed by atoms with E-state index in [0.29, 0.717) is 23.7 Å². The first kappa shape index (κ1) is 18.9. The lowest BCUT2D eigenvalue weighted by molar-refractivity contribution is -0.131. The van der Waals surface area contributed by atoms with Crippen LogP contribution in [0.1, 0.15) is 12.5 Å². The largest absolute Gasteiger partial charge is 0.497 e. The number of hydrogen-bond acceptors (Lipinski definition) is 6. The Balaban J connectivity index is 1.37. The maximum atomic E-state index is 12.9. The van der Waals surface area contributed by atoms with Crippen LogP contribution in [0.25, 0.3) is 0 Å². The zero-order chi connectivity index (χ0) is 20.4. The van der Waals surface area contributed by atoms with E-state index in [0.717, 1.165) is 11.3 Å². The van der Waals surface area contributed by atoms with Crippen molar-refractivity contribution in [3.05, 3.63) is 48.0 Å². The van der Waals surface area contributed by atoms with Gasteiger partial charge in [-0.2, -0.15) is 0 Å². The molecule has 2 aliphatic rings. The third kappa shape index (κ3) is 3.78. The molecule has 1 N–H and O–H groups in total. The molecule has 2 aromatic rings. The Labute approximate surface area is 168 Å². The van der Waals surface area contributed by atoms with Gasteiger partial charge in [0.1, 0.15) is 23.6 Å². The van der Waals surface area contributed by atoms with Gasteiger partial charge in [0, 0.05) is 6.42 Å². The predicted octanol–water partition coefficient (Wildman–Crippen LogP) is 2.36. The van der Waals surface area contributed by atoms with Crippen molar-refractivity contribution in [3.8, 4) is 23.0 Å². The summed E-state index contributed by atoms with van der Waals surface area (Å²) < 4.78 is 21.4. The maximum Gasteiger partial charge on any atom is 0.325 e. The molecule has 0 aliphatic carbocycles. The smallest absolute Gasteiger partial charge is 0.325 e. The third-order valence-corrected chi connectivity index (χ3v) is 4.98. The van der Waals surface area contributed by atoms with E-state index in [4.69, 9.17) is 18.9 Å². The number of urea groups is 1. The van der Waals surface area contributed by atoms with E-state index in [1.807, 2.05) is 18.2 Å². The van der Waals surface area contributed by atoms with Gasteiger partial charge in [-0.1, -0.05) is 6.07 Å². The molecule has 0 radical (unpaired) electrons. The Hall–Kier alpha value is -3.42. The Morgan fingerprint density at radius 1 is 1.07 bits per heavy atom. The molecule has 1 atom stereocenters. The highest BCUT2D eigenvalue weighted by Crippen LogP contribution is 2.34. The fourth-order valence-electron chi connectivity index (χ4n) is 3.46. The molecular weight excluding hydrogens is 376 g/mol. The highest BCUT2D eigenvalue weighted by Gasteiger charge is 2.47. The third-order valence-electron chi connectivity index (χ3n) is 4.98. The molecule has 0 aromatic heterocycles. The van der Waals surface area contributed by atoms with Crippen LogP contribution in [0.15, 0.2) is 42.5 Å². The summed E-state index contributed by atoms with van der Waals surface area (Å²) in [6.45, 7) is 2.27. The van der Waals surface area contributed by atoms with E-state index in [1.165, 1.54) is 4.90 Å². The number of carbonyl (C=O) groups excluding carboxylic acids is 2. The average Bonchev–Trinajstić information content (AvgIpc) is 3.26. The van der Waals surface area contributed by atoms with E-state index in [2.05, 4.69) is 5.32 Å². The van der Waals surface area contributed by atoms with E-state index in [9.17, 15) is 9.59 Å². The van der Waals surface area contributed by atoms with E-state index < -0.39 is 11.6 Å². The van der Waals surface area contributed by atoms with Crippen molar-refractivity contribution in [2.75, 3.05) is 27.1 Å². The monoisotopic (exact) mass is 398 g/mol. The number of imide groups is 1. The minimum absolute atomic E-state index is 0.160. The van der Waals surface area contributed by atoms with Crippen molar-refractivity contribution < 1.29 is 28.5 Å². The first-order valence-electron chi connectivity index (χ1n) is 9.28. The summed E-state index contributed by atoms with van der Waals surface area (Å²) in [5.74, 6) is 2.41. The van der Waals surface area contributed by atoms with Crippen molar-refractivity contribution in [3.63, 3.8) is 0 Å². The van der Waals surface area contributed by atoms with Gasteiger partial charge in [0.05, 0.1) is 13.7 Å². The molecule has 0 saturated carbocycles. The average molecular weight is 398 g/mol. The van der Waals surface area contributed by atoms with Crippen molar-refractivity contribution in [1.82, 2.24) is 10.2 Å². The lowest BCUT2D eigenvalue weighted by atomic mass is 9.92. The molecular formula is C21H22N2O6. The predicted molar refractivity (Wildman–Crippen MR) is 103 cm³/mol. The number of rotatable bonds is 7. The van der Waals surface area contributed by atoms with E-state index in [1.54, 1.807) is 38.3 Å². The highest BCUT2D eigenvalue weighted by molar-refractivity contribution is 6.07. The summed E-state index contributed by atoms with van der Waals surface area (Å²) >= 11 is 0. The number of amides is 3. The van der Waals surface area contributed by atoms with Crippen LogP contribution in [0, 0.1) is 0 Å². The van der Waals surface area contributed by atoms with Crippen molar-refractivity contribution >= 4 is 11.9 Å². The van der Waals surface area contributed by atoms with Gasteiger partial charge in [-0.15, -0.1) is 0 Å². The summed E-state index contributed by atoms with van der Waals surface area (Å²) in [7, 11) is 1.59. The Morgan fingerprint density at radius 2 is 1.79 bits per heavy atom. The van der Waals surface area contributed by atoms with Crippen LogP contribution in [-0.2, 0) is 11.2 Å². The molecule has 1 saturated heterocycles. The molecule has 8 heteroatoms.